The summed E-state index contributed by atoms with van der Waals surface area (Å²) >= 11 is 1.41. The zero-order valence-electron chi connectivity index (χ0n) is 17.1. The second-order valence-electron chi connectivity index (χ2n) is 7.96. The minimum atomic E-state index is -0.896. The lowest BCUT2D eigenvalue weighted by molar-refractivity contribution is -0.122. The van der Waals surface area contributed by atoms with Gasteiger partial charge in [-0.05, 0) is 35.6 Å². The van der Waals surface area contributed by atoms with Crippen molar-refractivity contribution in [2.24, 2.45) is 0 Å². The standard InChI is InChI=1S/C24H20N2O5S/c27-22(21-7-3-10-32-21)25-8-4-9-26-17-6-2-1-5-15(17)24(23(26)28)13-29-18-12-20-19(11-16(18)24)30-14-31-20/h1-3,5-7,10-12H,4,8-9,13-14H2,(H,25,27). The predicted molar refractivity (Wildman–Crippen MR) is 119 cm³/mol. The molecular weight excluding hydrogens is 428 g/mol. The molecular formula is C24H20N2O5S. The molecule has 2 aromatic carbocycles. The van der Waals surface area contributed by atoms with E-state index >= 15 is 0 Å². The average Bonchev–Trinajstić information content (AvgIpc) is 3.59. The number of amides is 2. The molecule has 8 heteroatoms. The van der Waals surface area contributed by atoms with Gasteiger partial charge in [0, 0.05) is 30.4 Å². The third-order valence-corrected chi connectivity index (χ3v) is 7.10. The Labute approximate surface area is 188 Å². The van der Waals surface area contributed by atoms with E-state index < -0.39 is 5.41 Å². The Morgan fingerprint density at radius 2 is 1.88 bits per heavy atom. The summed E-state index contributed by atoms with van der Waals surface area (Å²) in [4.78, 5) is 28.5. The van der Waals surface area contributed by atoms with E-state index in [9.17, 15) is 9.59 Å². The zero-order valence-corrected chi connectivity index (χ0v) is 17.9. The summed E-state index contributed by atoms with van der Waals surface area (Å²) < 4.78 is 17.0. The summed E-state index contributed by atoms with van der Waals surface area (Å²) in [6.45, 7) is 1.40. The van der Waals surface area contributed by atoms with E-state index in [1.165, 1.54) is 11.3 Å². The molecule has 6 rings (SSSR count). The van der Waals surface area contributed by atoms with Gasteiger partial charge in [0.25, 0.3) is 5.91 Å². The molecule has 162 valence electrons. The van der Waals surface area contributed by atoms with Crippen LogP contribution >= 0.6 is 11.3 Å². The normalized spacial score (nSPS) is 19.8. The largest absolute Gasteiger partial charge is 0.491 e. The van der Waals surface area contributed by atoms with Crippen LogP contribution in [0.15, 0.2) is 53.9 Å². The van der Waals surface area contributed by atoms with Gasteiger partial charge in [0.05, 0.1) is 4.88 Å². The van der Waals surface area contributed by atoms with Gasteiger partial charge in [-0.15, -0.1) is 11.3 Å². The van der Waals surface area contributed by atoms with E-state index in [2.05, 4.69) is 5.32 Å². The van der Waals surface area contributed by atoms with Gasteiger partial charge >= 0.3 is 0 Å². The topological polar surface area (TPSA) is 77.1 Å². The van der Waals surface area contributed by atoms with Crippen molar-refractivity contribution in [3.63, 3.8) is 0 Å². The monoisotopic (exact) mass is 448 g/mol. The fourth-order valence-corrected chi connectivity index (χ4v) is 5.36. The number of hydrogen-bond donors (Lipinski definition) is 1. The fourth-order valence-electron chi connectivity index (χ4n) is 4.72. The van der Waals surface area contributed by atoms with Crippen molar-refractivity contribution in [1.29, 1.82) is 0 Å². The molecule has 0 fully saturated rings. The maximum absolute atomic E-state index is 13.9. The van der Waals surface area contributed by atoms with Crippen LogP contribution < -0.4 is 24.4 Å². The third kappa shape index (κ3) is 2.72. The molecule has 0 radical (unpaired) electrons. The molecule has 4 heterocycles. The van der Waals surface area contributed by atoms with Crippen LogP contribution in [0.4, 0.5) is 5.69 Å². The van der Waals surface area contributed by atoms with Gasteiger partial charge in [-0.1, -0.05) is 24.3 Å². The molecule has 3 aliphatic heterocycles. The van der Waals surface area contributed by atoms with E-state index in [1.54, 1.807) is 6.07 Å². The summed E-state index contributed by atoms with van der Waals surface area (Å²) in [7, 11) is 0. The highest BCUT2D eigenvalue weighted by atomic mass is 32.1. The quantitative estimate of drug-likeness (QED) is 0.606. The van der Waals surface area contributed by atoms with Crippen LogP contribution in [-0.2, 0) is 10.2 Å². The number of nitrogens with zero attached hydrogens (tertiary/aromatic N) is 1. The van der Waals surface area contributed by atoms with Gasteiger partial charge in [0.2, 0.25) is 12.7 Å². The molecule has 0 aliphatic carbocycles. The van der Waals surface area contributed by atoms with Crippen molar-refractivity contribution in [2.45, 2.75) is 11.8 Å². The molecule has 1 N–H and O–H groups in total. The first-order valence-corrected chi connectivity index (χ1v) is 11.4. The maximum Gasteiger partial charge on any atom is 0.261 e. The van der Waals surface area contributed by atoms with E-state index in [0.717, 1.165) is 16.8 Å². The van der Waals surface area contributed by atoms with E-state index in [1.807, 2.05) is 52.7 Å². The van der Waals surface area contributed by atoms with Crippen LogP contribution in [0, 0.1) is 0 Å². The number of anilines is 1. The van der Waals surface area contributed by atoms with Gasteiger partial charge in [0.15, 0.2) is 11.5 Å². The van der Waals surface area contributed by atoms with Gasteiger partial charge in [0.1, 0.15) is 17.8 Å². The highest BCUT2D eigenvalue weighted by Gasteiger charge is 2.57. The lowest BCUT2D eigenvalue weighted by atomic mass is 9.77. The number of nitrogens with one attached hydrogen (secondary N) is 1. The van der Waals surface area contributed by atoms with Crippen LogP contribution in [0.2, 0.25) is 0 Å². The first-order chi connectivity index (χ1) is 15.7. The summed E-state index contributed by atoms with van der Waals surface area (Å²) in [6, 6.07) is 15.2. The second kappa shape index (κ2) is 7.27. The van der Waals surface area contributed by atoms with Gasteiger partial charge in [-0.25, -0.2) is 0 Å². The maximum atomic E-state index is 13.9. The number of thiophene rings is 1. The molecule has 2 amide bonds. The Hall–Kier alpha value is -3.52. The molecule has 32 heavy (non-hydrogen) atoms. The number of fused-ring (bicyclic) bond motifs is 5. The van der Waals surface area contributed by atoms with Gasteiger partial charge in [-0.2, -0.15) is 0 Å². The number of carbonyl (C=O) groups is 2. The molecule has 1 aromatic heterocycles. The number of para-hydroxylation sites is 1. The fraction of sp³-hybridized carbons (Fsp3) is 0.250. The SMILES string of the molecule is O=C(NCCCN1C(=O)C2(COc3cc4c(cc32)OCO4)c2ccccc21)c1cccs1. The highest BCUT2D eigenvalue weighted by Crippen LogP contribution is 2.54. The molecule has 0 bridgehead atoms. The summed E-state index contributed by atoms with van der Waals surface area (Å²) in [6.07, 6.45) is 0.641. The lowest BCUT2D eigenvalue weighted by Gasteiger charge is -2.23. The number of carbonyl (C=O) groups excluding carboxylic acids is 2. The molecule has 0 saturated carbocycles. The molecule has 7 nitrogen and oxygen atoms in total. The Bertz CT molecular complexity index is 1230. The Morgan fingerprint density at radius 3 is 2.72 bits per heavy atom. The summed E-state index contributed by atoms with van der Waals surface area (Å²) in [5.74, 6) is 1.83. The van der Waals surface area contributed by atoms with Crippen LogP contribution in [0.3, 0.4) is 0 Å². The smallest absolute Gasteiger partial charge is 0.261 e. The van der Waals surface area contributed by atoms with Crippen LogP contribution in [0.5, 0.6) is 17.2 Å². The van der Waals surface area contributed by atoms with Crippen LogP contribution in [0.25, 0.3) is 0 Å². The predicted octanol–water partition coefficient (Wildman–Crippen LogP) is 3.32. The Morgan fingerprint density at radius 1 is 1.03 bits per heavy atom. The van der Waals surface area contributed by atoms with Crippen molar-refractivity contribution >= 4 is 28.8 Å². The van der Waals surface area contributed by atoms with Crippen molar-refractivity contribution in [3.05, 3.63) is 69.9 Å². The first-order valence-electron chi connectivity index (χ1n) is 10.5. The second-order valence-corrected chi connectivity index (χ2v) is 8.90. The molecule has 3 aromatic rings. The Kier molecular flexibility index (Phi) is 4.36. The third-order valence-electron chi connectivity index (χ3n) is 6.23. The molecule has 0 saturated heterocycles. The van der Waals surface area contributed by atoms with Crippen molar-refractivity contribution in [2.75, 3.05) is 31.4 Å². The van der Waals surface area contributed by atoms with Gasteiger partial charge < -0.3 is 24.4 Å². The van der Waals surface area contributed by atoms with Crippen molar-refractivity contribution in [1.82, 2.24) is 5.32 Å². The van der Waals surface area contributed by atoms with E-state index in [4.69, 9.17) is 14.2 Å². The van der Waals surface area contributed by atoms with Crippen LogP contribution in [0.1, 0.15) is 27.2 Å². The van der Waals surface area contributed by atoms with E-state index in [0.29, 0.717) is 41.6 Å². The number of benzene rings is 2. The number of hydrogen-bond acceptors (Lipinski definition) is 6. The van der Waals surface area contributed by atoms with Crippen LogP contribution in [-0.4, -0.2) is 38.3 Å². The first kappa shape index (κ1) is 19.2. The number of rotatable bonds is 5. The molecule has 1 atom stereocenters. The zero-order chi connectivity index (χ0) is 21.7. The average molecular weight is 449 g/mol. The van der Waals surface area contributed by atoms with E-state index in [-0.39, 0.29) is 25.2 Å². The minimum Gasteiger partial charge on any atom is -0.491 e. The molecule has 1 unspecified atom stereocenters. The number of ether oxygens (including phenoxy) is 3. The van der Waals surface area contributed by atoms with Crippen molar-refractivity contribution < 1.29 is 23.8 Å². The lowest BCUT2D eigenvalue weighted by Crippen LogP contribution is -2.43. The summed E-state index contributed by atoms with van der Waals surface area (Å²) in [5, 5.41) is 4.81. The Balaban J connectivity index is 1.26. The van der Waals surface area contributed by atoms with Gasteiger partial charge in [-0.3, -0.25) is 9.59 Å². The molecule has 1 spiro atoms. The highest BCUT2D eigenvalue weighted by molar-refractivity contribution is 7.12. The van der Waals surface area contributed by atoms with Crippen molar-refractivity contribution in [3.8, 4) is 17.2 Å². The minimum absolute atomic E-state index is 0.0131. The molecule has 3 aliphatic rings. The summed E-state index contributed by atoms with van der Waals surface area (Å²) in [5.41, 5.74) is 1.74.